The highest BCUT2D eigenvalue weighted by Crippen LogP contribution is 2.19. The van der Waals surface area contributed by atoms with Crippen molar-refractivity contribution < 1.29 is 0 Å². The van der Waals surface area contributed by atoms with Crippen molar-refractivity contribution in [3.63, 3.8) is 0 Å². The van der Waals surface area contributed by atoms with Crippen LogP contribution in [-0.4, -0.2) is 16.4 Å². The van der Waals surface area contributed by atoms with Crippen molar-refractivity contribution in [2.75, 3.05) is 0 Å². The van der Waals surface area contributed by atoms with Crippen LogP contribution in [0.3, 0.4) is 0 Å². The summed E-state index contributed by atoms with van der Waals surface area (Å²) in [5, 5.41) is 17.9. The van der Waals surface area contributed by atoms with E-state index in [1.54, 1.807) is 24.3 Å². The minimum atomic E-state index is -0.380. The van der Waals surface area contributed by atoms with Crippen molar-refractivity contribution in [1.82, 2.24) is 4.90 Å². The minimum absolute atomic E-state index is 0.152. The third-order valence-corrected chi connectivity index (χ3v) is 3.04. The normalized spacial score (nSPS) is 11.5. The number of aliphatic imine (C=N–C) groups is 1. The zero-order chi connectivity index (χ0) is 14.5. The fraction of sp³-hybridized carbons (Fsp3) is 0.357. The van der Waals surface area contributed by atoms with Crippen LogP contribution in [0, 0.1) is 22.8 Å². The molecule has 5 heteroatoms. The summed E-state index contributed by atoms with van der Waals surface area (Å²) in [6.07, 6.45) is 2.83. The molecule has 0 saturated carbocycles. The average Bonchev–Trinajstić information content (AvgIpc) is 2.40. The molecule has 0 fully saturated rings. The predicted molar refractivity (Wildman–Crippen MR) is 74.3 cm³/mol. The van der Waals surface area contributed by atoms with Crippen molar-refractivity contribution in [2.45, 2.75) is 32.7 Å². The number of hydrogen-bond acceptors (Lipinski definition) is 3. The molecular weight excluding hydrogens is 238 g/mol. The zero-order valence-corrected chi connectivity index (χ0v) is 11.4. The third kappa shape index (κ3) is 3.46. The second-order valence-electron chi connectivity index (χ2n) is 4.73. The number of guanidine groups is 1. The van der Waals surface area contributed by atoms with Gasteiger partial charge in [-0.1, -0.05) is 6.92 Å². The molecule has 1 rings (SSSR count). The van der Waals surface area contributed by atoms with Crippen molar-refractivity contribution in [3.05, 3.63) is 29.8 Å². The largest absolute Gasteiger partial charge is 0.369 e. The van der Waals surface area contributed by atoms with Crippen molar-refractivity contribution in [3.8, 4) is 12.3 Å². The summed E-state index contributed by atoms with van der Waals surface area (Å²) in [5.41, 5.74) is 6.67. The zero-order valence-electron chi connectivity index (χ0n) is 11.4. The standard InChI is InChI=1S/C14H17N5/c1-4-14(2,3)19(10-16)13(17)18-12-7-5-11(9-15)6-8-12/h5-8H,4H2,1-3H3,(H2,17,18). The molecule has 0 atom stereocenters. The van der Waals surface area contributed by atoms with Gasteiger partial charge in [-0.15, -0.1) is 0 Å². The van der Waals surface area contributed by atoms with Crippen LogP contribution in [0.4, 0.5) is 5.69 Å². The van der Waals surface area contributed by atoms with Crippen molar-refractivity contribution in [1.29, 1.82) is 10.5 Å². The van der Waals surface area contributed by atoms with Crippen LogP contribution < -0.4 is 5.73 Å². The lowest BCUT2D eigenvalue weighted by atomic mass is 10.0. The lowest BCUT2D eigenvalue weighted by Crippen LogP contribution is -2.47. The Morgan fingerprint density at radius 3 is 2.32 bits per heavy atom. The molecule has 98 valence electrons. The van der Waals surface area contributed by atoms with E-state index in [1.807, 2.05) is 26.8 Å². The van der Waals surface area contributed by atoms with E-state index in [4.69, 9.17) is 11.0 Å². The van der Waals surface area contributed by atoms with E-state index in [0.717, 1.165) is 6.42 Å². The molecule has 0 unspecified atom stereocenters. The summed E-state index contributed by atoms with van der Waals surface area (Å²) in [6.45, 7) is 5.84. The first-order valence-electron chi connectivity index (χ1n) is 5.99. The quantitative estimate of drug-likeness (QED) is 0.389. The Hall–Kier alpha value is -2.53. The molecule has 0 saturated heterocycles. The van der Waals surface area contributed by atoms with E-state index < -0.39 is 0 Å². The second-order valence-corrected chi connectivity index (χ2v) is 4.73. The van der Waals surface area contributed by atoms with E-state index >= 15 is 0 Å². The maximum atomic E-state index is 9.20. The van der Waals surface area contributed by atoms with Gasteiger partial charge < -0.3 is 5.73 Å². The number of nitriles is 2. The molecule has 0 aliphatic rings. The maximum absolute atomic E-state index is 9.20. The van der Waals surface area contributed by atoms with Crippen molar-refractivity contribution in [2.24, 2.45) is 10.7 Å². The molecular formula is C14H17N5. The van der Waals surface area contributed by atoms with Crippen LogP contribution in [0.25, 0.3) is 0 Å². The van der Waals surface area contributed by atoms with Gasteiger partial charge in [0.25, 0.3) is 0 Å². The van der Waals surface area contributed by atoms with Gasteiger partial charge in [-0.2, -0.15) is 10.5 Å². The lowest BCUT2D eigenvalue weighted by molar-refractivity contribution is 0.281. The molecule has 0 radical (unpaired) electrons. The Morgan fingerprint density at radius 1 is 1.32 bits per heavy atom. The highest BCUT2D eigenvalue weighted by Gasteiger charge is 2.26. The first-order valence-corrected chi connectivity index (χ1v) is 5.99. The maximum Gasteiger partial charge on any atom is 0.210 e. The Labute approximate surface area is 113 Å². The highest BCUT2D eigenvalue weighted by molar-refractivity contribution is 5.83. The number of benzene rings is 1. The highest BCUT2D eigenvalue weighted by atomic mass is 15.3. The molecule has 19 heavy (non-hydrogen) atoms. The molecule has 1 aromatic rings. The smallest absolute Gasteiger partial charge is 0.210 e. The molecule has 5 nitrogen and oxygen atoms in total. The molecule has 0 amide bonds. The number of nitrogens with zero attached hydrogens (tertiary/aromatic N) is 4. The van der Waals surface area contributed by atoms with Gasteiger partial charge in [-0.05, 0) is 44.5 Å². The summed E-state index contributed by atoms with van der Waals surface area (Å²) < 4.78 is 0. The van der Waals surface area contributed by atoms with Gasteiger partial charge in [0.2, 0.25) is 5.96 Å². The summed E-state index contributed by atoms with van der Waals surface area (Å²) in [5.74, 6) is 0.152. The third-order valence-electron chi connectivity index (χ3n) is 3.04. The monoisotopic (exact) mass is 255 g/mol. The van der Waals surface area contributed by atoms with Gasteiger partial charge in [0.05, 0.1) is 22.9 Å². The van der Waals surface area contributed by atoms with Crippen LogP contribution in [0.15, 0.2) is 29.3 Å². The van der Waals surface area contributed by atoms with Gasteiger partial charge in [0.15, 0.2) is 6.19 Å². The molecule has 2 N–H and O–H groups in total. The molecule has 0 aromatic heterocycles. The van der Waals surface area contributed by atoms with Gasteiger partial charge in [-0.3, -0.25) is 0 Å². The van der Waals surface area contributed by atoms with E-state index in [9.17, 15) is 5.26 Å². The van der Waals surface area contributed by atoms with Gasteiger partial charge in [0, 0.05) is 0 Å². The average molecular weight is 255 g/mol. The molecule has 0 spiro atoms. The summed E-state index contributed by atoms with van der Waals surface area (Å²) >= 11 is 0. The van der Waals surface area contributed by atoms with E-state index in [2.05, 4.69) is 11.2 Å². The molecule has 0 bridgehead atoms. The lowest BCUT2D eigenvalue weighted by Gasteiger charge is -2.32. The SMILES string of the molecule is CCC(C)(C)N(C#N)C(N)=Nc1ccc(C#N)cc1. The van der Waals surface area contributed by atoms with Crippen LogP contribution >= 0.6 is 0 Å². The van der Waals surface area contributed by atoms with E-state index in [-0.39, 0.29) is 11.5 Å². The van der Waals surface area contributed by atoms with E-state index in [1.165, 1.54) is 4.90 Å². The topological polar surface area (TPSA) is 89.2 Å². The minimum Gasteiger partial charge on any atom is -0.369 e. The van der Waals surface area contributed by atoms with E-state index in [0.29, 0.717) is 11.3 Å². The molecule has 0 aliphatic carbocycles. The van der Waals surface area contributed by atoms with Gasteiger partial charge >= 0.3 is 0 Å². The van der Waals surface area contributed by atoms with Crippen LogP contribution in [-0.2, 0) is 0 Å². The van der Waals surface area contributed by atoms with Crippen LogP contribution in [0.5, 0.6) is 0 Å². The fourth-order valence-electron chi connectivity index (χ4n) is 1.45. The van der Waals surface area contributed by atoms with Crippen LogP contribution in [0.1, 0.15) is 32.8 Å². The van der Waals surface area contributed by atoms with Gasteiger partial charge in [0.1, 0.15) is 0 Å². The Balaban J connectivity index is 3.03. The Kier molecular flexibility index (Phi) is 4.50. The van der Waals surface area contributed by atoms with Crippen molar-refractivity contribution >= 4 is 11.6 Å². The number of nitrogens with two attached hydrogens (primary N) is 1. The van der Waals surface area contributed by atoms with Gasteiger partial charge in [-0.25, -0.2) is 9.89 Å². The first-order chi connectivity index (χ1) is 8.94. The predicted octanol–water partition coefficient (Wildman–Crippen LogP) is 2.48. The Bertz CT molecular complexity index is 543. The number of hydrogen-bond donors (Lipinski definition) is 1. The molecule has 1 aromatic carbocycles. The first kappa shape index (κ1) is 14.5. The summed E-state index contributed by atoms with van der Waals surface area (Å²) in [6, 6.07) is 8.74. The van der Waals surface area contributed by atoms with Crippen LogP contribution in [0.2, 0.25) is 0 Å². The fourth-order valence-corrected chi connectivity index (χ4v) is 1.45. The Morgan fingerprint density at radius 2 is 1.89 bits per heavy atom. The summed E-state index contributed by atoms with van der Waals surface area (Å²) in [7, 11) is 0. The molecule has 0 heterocycles. The molecule has 0 aliphatic heterocycles. The second kappa shape index (κ2) is 5.88. The summed E-state index contributed by atoms with van der Waals surface area (Å²) in [4.78, 5) is 5.60. The number of rotatable bonds is 3.